The number of carbonyl (C=O) groups is 1. The molecular formula is C30H28ClN5OS. The number of fused-ring (bicyclic) bond motifs is 1. The molecule has 8 heteroatoms. The van der Waals surface area contributed by atoms with E-state index in [0.717, 1.165) is 43.8 Å². The summed E-state index contributed by atoms with van der Waals surface area (Å²) in [7, 11) is 4.02. The third-order valence-electron chi connectivity index (χ3n) is 6.26. The number of nitrogens with one attached hydrogen (secondary N) is 1. The van der Waals surface area contributed by atoms with E-state index in [4.69, 9.17) is 16.6 Å². The maximum atomic E-state index is 12.7. The Hall–Kier alpha value is -3.81. The Labute approximate surface area is 231 Å². The average Bonchev–Trinajstić information content (AvgIpc) is 3.29. The van der Waals surface area contributed by atoms with E-state index in [0.29, 0.717) is 18.7 Å². The minimum atomic E-state index is -0.0928. The van der Waals surface area contributed by atoms with E-state index >= 15 is 0 Å². The van der Waals surface area contributed by atoms with Crippen LogP contribution in [0.3, 0.4) is 0 Å². The molecule has 0 spiro atoms. The van der Waals surface area contributed by atoms with Crippen LogP contribution in [-0.2, 0) is 18.8 Å². The van der Waals surface area contributed by atoms with Crippen molar-refractivity contribution in [3.8, 4) is 0 Å². The number of halogens is 1. The fourth-order valence-corrected chi connectivity index (χ4v) is 5.18. The van der Waals surface area contributed by atoms with E-state index in [1.54, 1.807) is 18.0 Å². The van der Waals surface area contributed by atoms with Crippen molar-refractivity contribution in [2.75, 3.05) is 19.0 Å². The fourth-order valence-electron chi connectivity index (χ4n) is 4.08. The van der Waals surface area contributed by atoms with E-state index in [-0.39, 0.29) is 5.91 Å². The SMILES string of the molecule is CN(C)c1ccc(CNC(=O)c2ccc(Cn3c(SCc4ccc(Cl)cc4)nc4ccncc43)cc2)cc1. The molecule has 0 aliphatic carbocycles. The second-order valence-corrected chi connectivity index (χ2v) is 10.6. The number of thioether (sulfide) groups is 1. The number of hydrogen-bond acceptors (Lipinski definition) is 5. The molecule has 0 atom stereocenters. The predicted octanol–water partition coefficient (Wildman–Crippen LogP) is 6.42. The topological polar surface area (TPSA) is 63.1 Å². The smallest absolute Gasteiger partial charge is 0.251 e. The molecule has 1 N–H and O–H groups in total. The Kier molecular flexibility index (Phi) is 7.96. The van der Waals surface area contributed by atoms with Crippen molar-refractivity contribution in [3.63, 3.8) is 0 Å². The molecule has 0 aliphatic rings. The van der Waals surface area contributed by atoms with Gasteiger partial charge < -0.3 is 14.8 Å². The van der Waals surface area contributed by atoms with Crippen LogP contribution in [-0.4, -0.2) is 34.5 Å². The van der Waals surface area contributed by atoms with Gasteiger partial charge in [-0.2, -0.15) is 0 Å². The zero-order chi connectivity index (χ0) is 26.5. The van der Waals surface area contributed by atoms with Crippen LogP contribution in [0.15, 0.2) is 96.4 Å². The zero-order valence-corrected chi connectivity index (χ0v) is 22.8. The van der Waals surface area contributed by atoms with Crippen molar-refractivity contribution in [3.05, 3.63) is 119 Å². The molecule has 1 amide bonds. The maximum Gasteiger partial charge on any atom is 0.251 e. The average molecular weight is 542 g/mol. The van der Waals surface area contributed by atoms with Gasteiger partial charge in [0.2, 0.25) is 0 Å². The van der Waals surface area contributed by atoms with Crippen molar-refractivity contribution in [1.29, 1.82) is 0 Å². The minimum absolute atomic E-state index is 0.0928. The van der Waals surface area contributed by atoms with Crippen LogP contribution in [0.25, 0.3) is 11.0 Å². The number of anilines is 1. The number of imidazole rings is 1. The van der Waals surface area contributed by atoms with E-state index < -0.39 is 0 Å². The normalized spacial score (nSPS) is 11.0. The number of benzene rings is 3. The van der Waals surface area contributed by atoms with Crippen molar-refractivity contribution in [2.24, 2.45) is 0 Å². The number of pyridine rings is 1. The van der Waals surface area contributed by atoms with Crippen LogP contribution in [0, 0.1) is 0 Å². The summed E-state index contributed by atoms with van der Waals surface area (Å²) in [5, 5.41) is 4.66. The number of amides is 1. The highest BCUT2D eigenvalue weighted by Crippen LogP contribution is 2.28. The second-order valence-electron chi connectivity index (χ2n) is 9.20. The van der Waals surface area contributed by atoms with Crippen molar-refractivity contribution in [2.45, 2.75) is 24.0 Å². The molecule has 0 saturated carbocycles. The van der Waals surface area contributed by atoms with Crippen molar-refractivity contribution >= 4 is 46.0 Å². The highest BCUT2D eigenvalue weighted by atomic mass is 35.5. The molecule has 5 rings (SSSR count). The lowest BCUT2D eigenvalue weighted by Gasteiger charge is -2.13. The molecule has 0 saturated heterocycles. The Bertz CT molecular complexity index is 1530. The molecule has 192 valence electrons. The first-order valence-electron chi connectivity index (χ1n) is 12.3. The molecule has 0 aliphatic heterocycles. The van der Waals surface area contributed by atoms with Gasteiger partial charge in [-0.3, -0.25) is 9.78 Å². The molecular weight excluding hydrogens is 514 g/mol. The lowest BCUT2D eigenvalue weighted by atomic mass is 10.1. The predicted molar refractivity (Wildman–Crippen MR) is 156 cm³/mol. The van der Waals surface area contributed by atoms with Crippen LogP contribution in [0.1, 0.15) is 27.0 Å². The molecule has 38 heavy (non-hydrogen) atoms. The summed E-state index contributed by atoms with van der Waals surface area (Å²) in [4.78, 5) is 23.9. The minimum Gasteiger partial charge on any atom is -0.378 e. The van der Waals surface area contributed by atoms with Crippen LogP contribution in [0.5, 0.6) is 0 Å². The van der Waals surface area contributed by atoms with Gasteiger partial charge in [0.15, 0.2) is 5.16 Å². The molecule has 0 bridgehead atoms. The summed E-state index contributed by atoms with van der Waals surface area (Å²) in [5.74, 6) is 0.690. The standard InChI is InChI=1S/C30H28ClN5OS/c1-35(2)26-13-7-21(8-14-26)17-33-29(37)24-9-3-22(4-10-24)19-36-28-18-32-16-15-27(28)34-30(36)38-20-23-5-11-25(31)12-6-23/h3-16,18H,17,19-20H2,1-2H3,(H,33,37). The lowest BCUT2D eigenvalue weighted by Crippen LogP contribution is -2.22. The van der Waals surface area contributed by atoms with Gasteiger partial charge in [-0.25, -0.2) is 4.98 Å². The Morgan fingerprint density at radius 1 is 0.921 bits per heavy atom. The molecule has 6 nitrogen and oxygen atoms in total. The Balaban J connectivity index is 1.26. The van der Waals surface area contributed by atoms with E-state index in [9.17, 15) is 4.79 Å². The van der Waals surface area contributed by atoms with E-state index in [2.05, 4.69) is 14.9 Å². The van der Waals surface area contributed by atoms with Crippen LogP contribution in [0.2, 0.25) is 5.02 Å². The van der Waals surface area contributed by atoms with Gasteiger partial charge in [0.1, 0.15) is 0 Å². The van der Waals surface area contributed by atoms with Crippen molar-refractivity contribution in [1.82, 2.24) is 19.9 Å². The highest BCUT2D eigenvalue weighted by Gasteiger charge is 2.13. The second kappa shape index (κ2) is 11.7. The highest BCUT2D eigenvalue weighted by molar-refractivity contribution is 7.98. The third kappa shape index (κ3) is 6.18. The van der Waals surface area contributed by atoms with Gasteiger partial charge in [0.05, 0.1) is 23.8 Å². The van der Waals surface area contributed by atoms with Gasteiger partial charge in [0.25, 0.3) is 5.91 Å². The Morgan fingerprint density at radius 3 is 2.32 bits per heavy atom. The van der Waals surface area contributed by atoms with Crippen LogP contribution in [0.4, 0.5) is 5.69 Å². The number of rotatable bonds is 9. The van der Waals surface area contributed by atoms with E-state index in [1.807, 2.05) is 104 Å². The van der Waals surface area contributed by atoms with Crippen LogP contribution >= 0.6 is 23.4 Å². The molecule has 2 heterocycles. The Morgan fingerprint density at radius 2 is 1.61 bits per heavy atom. The molecule has 5 aromatic rings. The van der Waals surface area contributed by atoms with Gasteiger partial charge in [-0.05, 0) is 59.2 Å². The number of hydrogen-bond donors (Lipinski definition) is 1. The van der Waals surface area contributed by atoms with Crippen LogP contribution < -0.4 is 10.2 Å². The van der Waals surface area contributed by atoms with Gasteiger partial charge in [-0.15, -0.1) is 0 Å². The van der Waals surface area contributed by atoms with E-state index in [1.165, 1.54) is 5.56 Å². The molecule has 0 unspecified atom stereocenters. The first-order valence-corrected chi connectivity index (χ1v) is 13.6. The molecule has 2 aromatic heterocycles. The quantitative estimate of drug-likeness (QED) is 0.218. The number of carbonyl (C=O) groups excluding carboxylic acids is 1. The first-order chi connectivity index (χ1) is 18.5. The summed E-state index contributed by atoms with van der Waals surface area (Å²) >= 11 is 7.71. The molecule has 3 aromatic carbocycles. The fraction of sp³-hybridized carbons (Fsp3) is 0.167. The summed E-state index contributed by atoms with van der Waals surface area (Å²) in [6, 6.07) is 25.7. The summed E-state index contributed by atoms with van der Waals surface area (Å²) in [6.45, 7) is 1.11. The van der Waals surface area contributed by atoms with Gasteiger partial charge in [-0.1, -0.05) is 59.8 Å². The first kappa shape index (κ1) is 25.8. The summed E-state index contributed by atoms with van der Waals surface area (Å²) in [6.07, 6.45) is 3.61. The van der Waals surface area contributed by atoms with Gasteiger partial charge in [0, 0.05) is 48.9 Å². The largest absolute Gasteiger partial charge is 0.378 e. The maximum absolute atomic E-state index is 12.7. The monoisotopic (exact) mass is 541 g/mol. The molecule has 0 fully saturated rings. The third-order valence-corrected chi connectivity index (χ3v) is 7.56. The molecule has 0 radical (unpaired) electrons. The lowest BCUT2D eigenvalue weighted by molar-refractivity contribution is 0.0951. The number of nitrogens with zero attached hydrogens (tertiary/aromatic N) is 4. The van der Waals surface area contributed by atoms with Gasteiger partial charge >= 0.3 is 0 Å². The summed E-state index contributed by atoms with van der Waals surface area (Å²) in [5.41, 5.74) is 6.97. The summed E-state index contributed by atoms with van der Waals surface area (Å²) < 4.78 is 2.18. The number of aromatic nitrogens is 3. The zero-order valence-electron chi connectivity index (χ0n) is 21.3. The van der Waals surface area contributed by atoms with Crippen molar-refractivity contribution < 1.29 is 4.79 Å².